The molecular formula is C10H11NO2. The van der Waals surface area contributed by atoms with Gasteiger partial charge in [0.05, 0.1) is 11.3 Å². The normalized spacial score (nSPS) is 37.1. The quantitative estimate of drug-likeness (QED) is 0.556. The highest BCUT2D eigenvalue weighted by atomic mass is 16.2. The third-order valence-electron chi connectivity index (χ3n) is 2.78. The molecule has 0 aromatic heterocycles. The molecular weight excluding hydrogens is 166 g/mol. The first-order valence-corrected chi connectivity index (χ1v) is 4.27. The van der Waals surface area contributed by atoms with Crippen molar-refractivity contribution >= 4 is 11.8 Å². The summed E-state index contributed by atoms with van der Waals surface area (Å²) in [4.78, 5) is 22.8. The maximum absolute atomic E-state index is 11.4. The first-order chi connectivity index (χ1) is 6.04. The molecule has 0 aromatic carbocycles. The van der Waals surface area contributed by atoms with E-state index in [1.54, 1.807) is 6.92 Å². The fraction of sp³-hybridized carbons (Fsp3) is 0.400. The second-order valence-corrected chi connectivity index (χ2v) is 3.82. The van der Waals surface area contributed by atoms with Crippen molar-refractivity contribution < 1.29 is 9.59 Å². The summed E-state index contributed by atoms with van der Waals surface area (Å²) in [6, 6.07) is 0. The van der Waals surface area contributed by atoms with E-state index in [0.29, 0.717) is 0 Å². The topological polar surface area (TPSA) is 46.2 Å². The molecule has 1 aliphatic carbocycles. The van der Waals surface area contributed by atoms with Gasteiger partial charge in [-0.2, -0.15) is 0 Å². The molecule has 2 rings (SSSR count). The van der Waals surface area contributed by atoms with Crippen molar-refractivity contribution in [2.24, 2.45) is 11.3 Å². The van der Waals surface area contributed by atoms with Crippen molar-refractivity contribution in [1.82, 2.24) is 5.32 Å². The van der Waals surface area contributed by atoms with E-state index in [4.69, 9.17) is 0 Å². The van der Waals surface area contributed by atoms with Gasteiger partial charge in [-0.1, -0.05) is 23.8 Å². The smallest absolute Gasteiger partial charge is 0.237 e. The Labute approximate surface area is 76.5 Å². The molecule has 0 aromatic rings. The highest BCUT2D eigenvalue weighted by Crippen LogP contribution is 2.39. The third-order valence-corrected chi connectivity index (χ3v) is 2.78. The minimum atomic E-state index is -0.656. The zero-order valence-electron chi connectivity index (χ0n) is 7.63. The van der Waals surface area contributed by atoms with E-state index < -0.39 is 5.41 Å². The molecule has 2 aliphatic rings. The predicted molar refractivity (Wildman–Crippen MR) is 47.6 cm³/mol. The standard InChI is InChI=1S/C10H11NO2/c1-6-3-4-10(2)7(5-6)8(12)11-9(10)13/h3-5,7H,1-2H3,(H,11,12,13). The Morgan fingerprint density at radius 3 is 2.85 bits per heavy atom. The Bertz CT molecular complexity index is 354. The summed E-state index contributed by atoms with van der Waals surface area (Å²) in [6.45, 7) is 3.71. The van der Waals surface area contributed by atoms with Crippen LogP contribution in [0.15, 0.2) is 23.8 Å². The second kappa shape index (κ2) is 2.31. The van der Waals surface area contributed by atoms with E-state index in [0.717, 1.165) is 5.57 Å². The van der Waals surface area contributed by atoms with Crippen molar-refractivity contribution in [3.8, 4) is 0 Å². The van der Waals surface area contributed by atoms with Crippen LogP contribution in [-0.4, -0.2) is 11.8 Å². The largest absolute Gasteiger partial charge is 0.295 e. The van der Waals surface area contributed by atoms with Crippen LogP contribution >= 0.6 is 0 Å². The van der Waals surface area contributed by atoms with Crippen molar-refractivity contribution in [3.05, 3.63) is 23.8 Å². The minimum Gasteiger partial charge on any atom is -0.295 e. The van der Waals surface area contributed by atoms with Gasteiger partial charge in [0.1, 0.15) is 0 Å². The maximum Gasteiger partial charge on any atom is 0.237 e. The van der Waals surface area contributed by atoms with Crippen LogP contribution in [0.4, 0.5) is 0 Å². The summed E-state index contributed by atoms with van der Waals surface area (Å²) in [5.41, 5.74) is 0.378. The highest BCUT2D eigenvalue weighted by molar-refractivity contribution is 6.09. The van der Waals surface area contributed by atoms with Gasteiger partial charge in [0.15, 0.2) is 0 Å². The number of hydrogen-bond donors (Lipinski definition) is 1. The molecule has 2 unspecified atom stereocenters. The highest BCUT2D eigenvalue weighted by Gasteiger charge is 2.49. The Hall–Kier alpha value is -1.38. The van der Waals surface area contributed by atoms with Crippen molar-refractivity contribution in [2.75, 3.05) is 0 Å². The van der Waals surface area contributed by atoms with Crippen LogP contribution in [0, 0.1) is 11.3 Å². The van der Waals surface area contributed by atoms with Gasteiger partial charge in [-0.3, -0.25) is 14.9 Å². The van der Waals surface area contributed by atoms with E-state index in [1.165, 1.54) is 0 Å². The van der Waals surface area contributed by atoms with Crippen molar-refractivity contribution in [3.63, 3.8) is 0 Å². The molecule has 2 amide bonds. The summed E-state index contributed by atoms with van der Waals surface area (Å²) >= 11 is 0. The van der Waals surface area contributed by atoms with Crippen LogP contribution < -0.4 is 5.32 Å². The summed E-state index contributed by atoms with van der Waals surface area (Å²) in [7, 11) is 0. The Balaban J connectivity index is 2.49. The Morgan fingerprint density at radius 1 is 1.46 bits per heavy atom. The third kappa shape index (κ3) is 0.963. The van der Waals surface area contributed by atoms with Gasteiger partial charge in [0.25, 0.3) is 0 Å². The summed E-state index contributed by atoms with van der Waals surface area (Å²) in [6.07, 6.45) is 5.54. The van der Waals surface area contributed by atoms with Gasteiger partial charge < -0.3 is 0 Å². The predicted octanol–water partition coefficient (Wildman–Crippen LogP) is 0.781. The Kier molecular flexibility index (Phi) is 1.46. The average Bonchev–Trinajstić information content (AvgIpc) is 2.28. The lowest BCUT2D eigenvalue weighted by Gasteiger charge is -2.24. The van der Waals surface area contributed by atoms with Crippen LogP contribution in [0.3, 0.4) is 0 Å². The van der Waals surface area contributed by atoms with Gasteiger partial charge in [-0.25, -0.2) is 0 Å². The summed E-state index contributed by atoms with van der Waals surface area (Å²) in [5.74, 6) is -0.691. The molecule has 1 N–H and O–H groups in total. The fourth-order valence-electron chi connectivity index (χ4n) is 1.79. The summed E-state index contributed by atoms with van der Waals surface area (Å²) in [5, 5.41) is 2.35. The molecule has 68 valence electrons. The second-order valence-electron chi connectivity index (χ2n) is 3.82. The van der Waals surface area contributed by atoms with Gasteiger partial charge in [0, 0.05) is 0 Å². The lowest BCUT2D eigenvalue weighted by molar-refractivity contribution is -0.126. The van der Waals surface area contributed by atoms with E-state index in [9.17, 15) is 9.59 Å². The number of nitrogens with one attached hydrogen (secondary N) is 1. The number of fused-ring (bicyclic) bond motifs is 1. The van der Waals surface area contributed by atoms with E-state index >= 15 is 0 Å². The van der Waals surface area contributed by atoms with E-state index in [1.807, 2.05) is 25.2 Å². The van der Waals surface area contributed by atoms with E-state index in [2.05, 4.69) is 5.32 Å². The molecule has 13 heavy (non-hydrogen) atoms. The molecule has 0 bridgehead atoms. The molecule has 1 heterocycles. The van der Waals surface area contributed by atoms with Crippen molar-refractivity contribution in [2.45, 2.75) is 13.8 Å². The van der Waals surface area contributed by atoms with Gasteiger partial charge >= 0.3 is 0 Å². The fourth-order valence-corrected chi connectivity index (χ4v) is 1.79. The van der Waals surface area contributed by atoms with Crippen molar-refractivity contribution in [1.29, 1.82) is 0 Å². The zero-order chi connectivity index (χ0) is 9.64. The number of carbonyl (C=O) groups excluding carboxylic acids is 2. The van der Waals surface area contributed by atoms with E-state index in [-0.39, 0.29) is 17.7 Å². The number of carbonyl (C=O) groups is 2. The number of rotatable bonds is 0. The minimum absolute atomic E-state index is 0.184. The van der Waals surface area contributed by atoms with Crippen LogP contribution in [0.25, 0.3) is 0 Å². The van der Waals surface area contributed by atoms with Gasteiger partial charge in [-0.15, -0.1) is 0 Å². The molecule has 3 nitrogen and oxygen atoms in total. The molecule has 0 radical (unpaired) electrons. The Morgan fingerprint density at radius 2 is 2.15 bits per heavy atom. The molecule has 0 spiro atoms. The van der Waals surface area contributed by atoms with Crippen LogP contribution in [0.2, 0.25) is 0 Å². The van der Waals surface area contributed by atoms with Crippen LogP contribution in [0.5, 0.6) is 0 Å². The molecule has 3 heteroatoms. The molecule has 1 fully saturated rings. The SMILES string of the molecule is CC1=CC2C(=O)NC(=O)C2(C)C=C1. The lowest BCUT2D eigenvalue weighted by atomic mass is 9.75. The van der Waals surface area contributed by atoms with Crippen LogP contribution in [-0.2, 0) is 9.59 Å². The molecule has 1 saturated heterocycles. The summed E-state index contributed by atoms with van der Waals surface area (Å²) < 4.78 is 0. The first-order valence-electron chi connectivity index (χ1n) is 4.27. The number of amides is 2. The monoisotopic (exact) mass is 177 g/mol. The lowest BCUT2D eigenvalue weighted by Crippen LogP contribution is -2.30. The number of hydrogen-bond acceptors (Lipinski definition) is 2. The number of allylic oxidation sites excluding steroid dienone is 2. The number of imide groups is 1. The van der Waals surface area contributed by atoms with Crippen LogP contribution in [0.1, 0.15) is 13.8 Å². The zero-order valence-corrected chi connectivity index (χ0v) is 7.63. The molecule has 2 atom stereocenters. The van der Waals surface area contributed by atoms with Gasteiger partial charge in [-0.05, 0) is 13.8 Å². The average molecular weight is 177 g/mol. The maximum atomic E-state index is 11.4. The molecule has 1 aliphatic heterocycles. The molecule has 0 saturated carbocycles. The first kappa shape index (κ1) is 8.23. The van der Waals surface area contributed by atoms with Gasteiger partial charge in [0.2, 0.25) is 11.8 Å².